The van der Waals surface area contributed by atoms with Gasteiger partial charge in [0.1, 0.15) is 12.2 Å². The molecule has 1 saturated heterocycles. The standard InChI is InChI=1S/C27H32N6O3/c1-31-14-15-32(20-21-18-29-27(30-19-21)33-12-5-2-6-13-33)16-17-35-23-9-3-4-10-24(23)36-25-22(26(31)34)8-7-11-28-25/h3-4,7-11,18-19H,2,5-6,12-17,20H2,1H3. The third kappa shape index (κ3) is 5.73. The van der Waals surface area contributed by atoms with Crippen LogP contribution in [0.25, 0.3) is 0 Å². The van der Waals surface area contributed by atoms with Crippen LogP contribution >= 0.6 is 0 Å². The Hall–Kier alpha value is -3.72. The van der Waals surface area contributed by atoms with Crippen molar-refractivity contribution in [1.82, 2.24) is 24.8 Å². The molecule has 0 saturated carbocycles. The van der Waals surface area contributed by atoms with Crippen LogP contribution in [0.2, 0.25) is 0 Å². The maximum Gasteiger partial charge on any atom is 0.259 e. The molecule has 0 bridgehead atoms. The minimum absolute atomic E-state index is 0.134. The van der Waals surface area contributed by atoms with Gasteiger partial charge in [0.05, 0.1) is 0 Å². The summed E-state index contributed by atoms with van der Waals surface area (Å²) in [5, 5.41) is 0. The molecule has 1 amide bonds. The van der Waals surface area contributed by atoms with E-state index in [1.807, 2.05) is 36.7 Å². The lowest BCUT2D eigenvalue weighted by Crippen LogP contribution is -2.38. The number of pyridine rings is 1. The van der Waals surface area contributed by atoms with Crippen molar-refractivity contribution in [3.05, 3.63) is 66.1 Å². The summed E-state index contributed by atoms with van der Waals surface area (Å²) in [4.78, 5) is 33.0. The van der Waals surface area contributed by atoms with E-state index in [0.717, 1.165) is 24.6 Å². The van der Waals surface area contributed by atoms with Gasteiger partial charge in [-0.1, -0.05) is 12.1 Å². The Morgan fingerprint density at radius 3 is 2.44 bits per heavy atom. The molecule has 2 aliphatic heterocycles. The van der Waals surface area contributed by atoms with Gasteiger partial charge >= 0.3 is 0 Å². The van der Waals surface area contributed by atoms with Crippen molar-refractivity contribution in [1.29, 1.82) is 0 Å². The molecule has 3 aromatic rings. The van der Waals surface area contributed by atoms with E-state index in [1.165, 1.54) is 19.3 Å². The van der Waals surface area contributed by atoms with Crippen LogP contribution in [-0.4, -0.2) is 77.0 Å². The lowest BCUT2D eigenvalue weighted by atomic mass is 10.1. The van der Waals surface area contributed by atoms with Crippen molar-refractivity contribution in [3.63, 3.8) is 0 Å². The van der Waals surface area contributed by atoms with Gasteiger partial charge in [0.25, 0.3) is 5.91 Å². The van der Waals surface area contributed by atoms with Crippen LogP contribution in [0.1, 0.15) is 35.2 Å². The Balaban J connectivity index is 1.34. The predicted octanol–water partition coefficient (Wildman–Crippen LogP) is 3.62. The molecule has 0 unspecified atom stereocenters. The van der Waals surface area contributed by atoms with Crippen LogP contribution < -0.4 is 14.4 Å². The minimum Gasteiger partial charge on any atom is -0.488 e. The molecular weight excluding hydrogens is 456 g/mol. The van der Waals surface area contributed by atoms with E-state index < -0.39 is 0 Å². The zero-order valence-corrected chi connectivity index (χ0v) is 20.7. The molecule has 0 spiro atoms. The fraction of sp³-hybridized carbons (Fsp3) is 0.407. The number of rotatable bonds is 3. The van der Waals surface area contributed by atoms with Crippen LogP contribution in [0.4, 0.5) is 5.95 Å². The second-order valence-corrected chi connectivity index (χ2v) is 9.20. The molecular formula is C27H32N6O3. The maximum absolute atomic E-state index is 13.2. The van der Waals surface area contributed by atoms with Crippen molar-refractivity contribution in [2.24, 2.45) is 0 Å². The smallest absolute Gasteiger partial charge is 0.259 e. The van der Waals surface area contributed by atoms with Gasteiger partial charge in [-0.2, -0.15) is 0 Å². The molecule has 1 aromatic carbocycles. The maximum atomic E-state index is 13.2. The van der Waals surface area contributed by atoms with Gasteiger partial charge in [0.15, 0.2) is 11.5 Å². The summed E-state index contributed by atoms with van der Waals surface area (Å²) in [5.41, 5.74) is 1.45. The molecule has 4 heterocycles. The van der Waals surface area contributed by atoms with E-state index in [-0.39, 0.29) is 11.8 Å². The van der Waals surface area contributed by atoms with Crippen LogP contribution in [0.3, 0.4) is 0 Å². The number of hydrogen-bond acceptors (Lipinski definition) is 8. The van der Waals surface area contributed by atoms with Crippen molar-refractivity contribution in [2.75, 3.05) is 51.3 Å². The fourth-order valence-corrected chi connectivity index (χ4v) is 4.49. The topological polar surface area (TPSA) is 83.9 Å². The molecule has 0 N–H and O–H groups in total. The Labute approximate surface area is 211 Å². The number of piperidine rings is 1. The lowest BCUT2D eigenvalue weighted by Gasteiger charge is -2.27. The summed E-state index contributed by atoms with van der Waals surface area (Å²) in [6, 6.07) is 10.9. The van der Waals surface area contributed by atoms with Crippen LogP contribution in [0.5, 0.6) is 17.4 Å². The van der Waals surface area contributed by atoms with Gasteiger partial charge < -0.3 is 19.3 Å². The number of ether oxygens (including phenoxy) is 2. The number of carbonyl (C=O) groups excluding carboxylic acids is 1. The largest absolute Gasteiger partial charge is 0.488 e. The number of anilines is 1. The third-order valence-corrected chi connectivity index (χ3v) is 6.56. The number of nitrogens with zero attached hydrogens (tertiary/aromatic N) is 6. The quantitative estimate of drug-likeness (QED) is 0.553. The zero-order valence-electron chi connectivity index (χ0n) is 20.7. The first-order valence-corrected chi connectivity index (χ1v) is 12.6. The Morgan fingerprint density at radius 2 is 1.64 bits per heavy atom. The Morgan fingerprint density at radius 1 is 0.861 bits per heavy atom. The van der Waals surface area contributed by atoms with E-state index in [9.17, 15) is 4.79 Å². The van der Waals surface area contributed by atoms with Gasteiger partial charge in [-0.15, -0.1) is 0 Å². The highest BCUT2D eigenvalue weighted by atomic mass is 16.5. The van der Waals surface area contributed by atoms with Gasteiger partial charge in [-0.3, -0.25) is 9.69 Å². The summed E-state index contributed by atoms with van der Waals surface area (Å²) < 4.78 is 12.1. The molecule has 0 radical (unpaired) electrons. The van der Waals surface area contributed by atoms with E-state index in [1.54, 1.807) is 30.3 Å². The molecule has 2 aliphatic rings. The number of carbonyl (C=O) groups is 1. The first-order chi connectivity index (χ1) is 17.7. The van der Waals surface area contributed by atoms with Gasteiger partial charge in [-0.25, -0.2) is 15.0 Å². The summed E-state index contributed by atoms with van der Waals surface area (Å²) in [6.45, 7) is 5.08. The number of amides is 1. The molecule has 2 aromatic heterocycles. The highest BCUT2D eigenvalue weighted by Gasteiger charge is 2.21. The average molecular weight is 489 g/mol. The van der Waals surface area contributed by atoms with Gasteiger partial charge in [0, 0.05) is 70.5 Å². The third-order valence-electron chi connectivity index (χ3n) is 6.56. The highest BCUT2D eigenvalue weighted by Crippen LogP contribution is 2.32. The molecule has 36 heavy (non-hydrogen) atoms. The second-order valence-electron chi connectivity index (χ2n) is 9.20. The van der Waals surface area contributed by atoms with Crippen molar-refractivity contribution >= 4 is 11.9 Å². The second kappa shape index (κ2) is 11.3. The lowest BCUT2D eigenvalue weighted by molar-refractivity contribution is 0.0770. The molecule has 9 heteroatoms. The average Bonchev–Trinajstić information content (AvgIpc) is 2.93. The highest BCUT2D eigenvalue weighted by molar-refractivity contribution is 5.96. The van der Waals surface area contributed by atoms with Gasteiger partial charge in [0.2, 0.25) is 11.8 Å². The summed E-state index contributed by atoms with van der Waals surface area (Å²) >= 11 is 0. The minimum atomic E-state index is -0.134. The van der Waals surface area contributed by atoms with Crippen molar-refractivity contribution in [2.45, 2.75) is 25.8 Å². The molecule has 188 valence electrons. The van der Waals surface area contributed by atoms with Gasteiger partial charge in [-0.05, 0) is 43.5 Å². The SMILES string of the molecule is CN1CCN(Cc2cnc(N3CCCCC3)nc2)CCOc2ccccc2Oc2ncccc2C1=O. The summed E-state index contributed by atoms with van der Waals surface area (Å²) in [5.74, 6) is 2.09. The Bertz CT molecular complexity index is 1170. The van der Waals surface area contributed by atoms with E-state index in [2.05, 4.69) is 24.8 Å². The number of hydrogen-bond donors (Lipinski definition) is 0. The Kier molecular flexibility index (Phi) is 7.56. The molecule has 9 nitrogen and oxygen atoms in total. The fourth-order valence-electron chi connectivity index (χ4n) is 4.49. The first-order valence-electron chi connectivity index (χ1n) is 12.6. The first kappa shape index (κ1) is 24.0. The van der Waals surface area contributed by atoms with Crippen molar-refractivity contribution in [3.8, 4) is 17.4 Å². The molecule has 0 atom stereocenters. The van der Waals surface area contributed by atoms with Crippen LogP contribution in [-0.2, 0) is 6.54 Å². The number of para-hydroxylation sites is 2. The normalized spacial score (nSPS) is 17.5. The van der Waals surface area contributed by atoms with Crippen LogP contribution in [0, 0.1) is 0 Å². The molecule has 1 fully saturated rings. The number of aromatic nitrogens is 3. The summed E-state index contributed by atoms with van der Waals surface area (Å²) in [7, 11) is 1.80. The van der Waals surface area contributed by atoms with E-state index >= 15 is 0 Å². The number of fused-ring (bicyclic) bond motifs is 2. The monoisotopic (exact) mass is 488 g/mol. The van der Waals surface area contributed by atoms with Crippen molar-refractivity contribution < 1.29 is 14.3 Å². The summed E-state index contributed by atoms with van der Waals surface area (Å²) in [6.07, 6.45) is 9.12. The van der Waals surface area contributed by atoms with Crippen LogP contribution in [0.15, 0.2) is 55.0 Å². The van der Waals surface area contributed by atoms with E-state index in [4.69, 9.17) is 9.47 Å². The number of likely N-dealkylation sites (N-methyl/N-ethyl adjacent to an activating group) is 1. The predicted molar refractivity (Wildman–Crippen MR) is 137 cm³/mol. The van der Waals surface area contributed by atoms with E-state index in [0.29, 0.717) is 49.8 Å². The molecule has 5 rings (SSSR count). The molecule has 0 aliphatic carbocycles. The zero-order chi connectivity index (χ0) is 24.7. The number of benzene rings is 1.